The third kappa shape index (κ3) is 3.51. The van der Waals surface area contributed by atoms with E-state index in [1.807, 2.05) is 61.5 Å². The van der Waals surface area contributed by atoms with Gasteiger partial charge in [0.2, 0.25) is 0 Å². The van der Waals surface area contributed by atoms with Gasteiger partial charge in [-0.15, -0.1) is 0 Å². The van der Waals surface area contributed by atoms with E-state index in [1.165, 1.54) is 0 Å². The lowest BCUT2D eigenvalue weighted by Crippen LogP contribution is -2.32. The van der Waals surface area contributed by atoms with Gasteiger partial charge < -0.3 is 19.2 Å². The Labute approximate surface area is 162 Å². The first kappa shape index (κ1) is 17.9. The van der Waals surface area contributed by atoms with Gasteiger partial charge in [-0.3, -0.25) is 4.79 Å². The number of rotatable bonds is 6. The molecule has 0 aliphatic rings. The van der Waals surface area contributed by atoms with Gasteiger partial charge in [0.25, 0.3) is 5.91 Å². The minimum Gasteiger partial charge on any atom is -0.497 e. The van der Waals surface area contributed by atoms with Crippen LogP contribution in [0.3, 0.4) is 0 Å². The van der Waals surface area contributed by atoms with Crippen LogP contribution >= 0.6 is 0 Å². The van der Waals surface area contributed by atoms with Gasteiger partial charge in [0.1, 0.15) is 22.7 Å². The summed E-state index contributed by atoms with van der Waals surface area (Å²) in [5.41, 5.74) is 2.23. The standard InChI is InChI=1S/C23H21NO4/c1-3-20(27-17-8-6-7-16(14-17)26-2)23(25)24-15-11-12-19-18-9-4-5-10-21(18)28-22(19)13-15/h4-14,20H,3H2,1-2H3,(H,24,25)/t20-/m0/s1. The molecule has 0 aliphatic carbocycles. The van der Waals surface area contributed by atoms with Gasteiger partial charge in [0.15, 0.2) is 6.10 Å². The normalized spacial score (nSPS) is 12.1. The Morgan fingerprint density at radius 1 is 0.964 bits per heavy atom. The van der Waals surface area contributed by atoms with Crippen LogP contribution in [0.2, 0.25) is 0 Å². The number of fused-ring (bicyclic) bond motifs is 3. The molecule has 0 fully saturated rings. The molecule has 0 spiro atoms. The van der Waals surface area contributed by atoms with Crippen LogP contribution < -0.4 is 14.8 Å². The summed E-state index contributed by atoms with van der Waals surface area (Å²) in [6, 6.07) is 20.8. The highest BCUT2D eigenvalue weighted by molar-refractivity contribution is 6.06. The molecule has 5 nitrogen and oxygen atoms in total. The van der Waals surface area contributed by atoms with Crippen LogP contribution in [0.5, 0.6) is 11.5 Å². The second kappa shape index (κ2) is 7.64. The smallest absolute Gasteiger partial charge is 0.265 e. The van der Waals surface area contributed by atoms with Gasteiger partial charge in [-0.2, -0.15) is 0 Å². The SMILES string of the molecule is CC[C@H](Oc1cccc(OC)c1)C(=O)Nc1ccc2c(c1)oc1ccccc12. The fourth-order valence-corrected chi connectivity index (χ4v) is 3.19. The third-order valence-corrected chi connectivity index (χ3v) is 4.63. The molecule has 4 aromatic rings. The molecule has 0 saturated heterocycles. The molecule has 1 heterocycles. The van der Waals surface area contributed by atoms with Gasteiger partial charge in [-0.25, -0.2) is 0 Å². The molecule has 1 N–H and O–H groups in total. The first-order chi connectivity index (χ1) is 13.7. The van der Waals surface area contributed by atoms with E-state index in [0.29, 0.717) is 23.6 Å². The lowest BCUT2D eigenvalue weighted by molar-refractivity contribution is -0.122. The number of anilines is 1. The fourth-order valence-electron chi connectivity index (χ4n) is 3.19. The second-order valence-corrected chi connectivity index (χ2v) is 6.49. The number of ether oxygens (including phenoxy) is 2. The number of benzene rings is 3. The Kier molecular flexibility index (Phi) is 4.89. The van der Waals surface area contributed by atoms with E-state index in [0.717, 1.165) is 21.9 Å². The summed E-state index contributed by atoms with van der Waals surface area (Å²) in [6.45, 7) is 1.91. The number of nitrogens with one attached hydrogen (secondary N) is 1. The average Bonchev–Trinajstić information content (AvgIpc) is 3.09. The number of carbonyl (C=O) groups is 1. The van der Waals surface area contributed by atoms with E-state index in [2.05, 4.69) is 5.32 Å². The molecule has 0 unspecified atom stereocenters. The minimum atomic E-state index is -0.613. The number of methoxy groups -OCH3 is 1. The van der Waals surface area contributed by atoms with Crippen LogP contribution in [-0.2, 0) is 4.79 Å². The molecular formula is C23H21NO4. The van der Waals surface area contributed by atoms with Crippen LogP contribution in [0, 0.1) is 0 Å². The van der Waals surface area contributed by atoms with Crippen molar-refractivity contribution >= 4 is 33.5 Å². The zero-order chi connectivity index (χ0) is 19.5. The lowest BCUT2D eigenvalue weighted by atomic mass is 10.1. The number of amides is 1. The zero-order valence-corrected chi connectivity index (χ0v) is 15.8. The minimum absolute atomic E-state index is 0.208. The van der Waals surface area contributed by atoms with Crippen molar-refractivity contribution in [1.82, 2.24) is 0 Å². The van der Waals surface area contributed by atoms with Gasteiger partial charge in [-0.05, 0) is 36.8 Å². The van der Waals surface area contributed by atoms with Gasteiger partial charge in [-0.1, -0.05) is 31.2 Å². The van der Waals surface area contributed by atoms with Crippen molar-refractivity contribution in [3.05, 3.63) is 66.7 Å². The maximum absolute atomic E-state index is 12.7. The molecule has 28 heavy (non-hydrogen) atoms. The van der Waals surface area contributed by atoms with Crippen molar-refractivity contribution in [2.24, 2.45) is 0 Å². The van der Waals surface area contributed by atoms with E-state index in [1.54, 1.807) is 19.2 Å². The van der Waals surface area contributed by atoms with Crippen LogP contribution in [0.15, 0.2) is 71.1 Å². The van der Waals surface area contributed by atoms with E-state index in [9.17, 15) is 4.79 Å². The number of carbonyl (C=O) groups excluding carboxylic acids is 1. The number of hydrogen-bond donors (Lipinski definition) is 1. The molecule has 0 radical (unpaired) electrons. The first-order valence-electron chi connectivity index (χ1n) is 9.21. The van der Waals surface area contributed by atoms with Crippen molar-refractivity contribution in [1.29, 1.82) is 0 Å². The summed E-state index contributed by atoms with van der Waals surface area (Å²) >= 11 is 0. The van der Waals surface area contributed by atoms with Gasteiger partial charge in [0.05, 0.1) is 7.11 Å². The Balaban J connectivity index is 1.53. The largest absolute Gasteiger partial charge is 0.497 e. The molecule has 1 aromatic heterocycles. The fraction of sp³-hybridized carbons (Fsp3) is 0.174. The quantitative estimate of drug-likeness (QED) is 0.491. The molecule has 0 aliphatic heterocycles. The van der Waals surface area contributed by atoms with Gasteiger partial charge >= 0.3 is 0 Å². The Morgan fingerprint density at radius 2 is 1.75 bits per heavy atom. The zero-order valence-electron chi connectivity index (χ0n) is 15.8. The maximum atomic E-state index is 12.7. The predicted octanol–water partition coefficient (Wildman–Crippen LogP) is 5.39. The van der Waals surface area contributed by atoms with Gasteiger partial charge in [0, 0.05) is 28.6 Å². The monoisotopic (exact) mass is 375 g/mol. The summed E-state index contributed by atoms with van der Waals surface area (Å²) in [4.78, 5) is 12.7. The highest BCUT2D eigenvalue weighted by Crippen LogP contribution is 2.30. The summed E-state index contributed by atoms with van der Waals surface area (Å²) in [6.07, 6.45) is -0.0749. The maximum Gasteiger partial charge on any atom is 0.265 e. The van der Waals surface area contributed by atoms with Crippen molar-refractivity contribution in [2.45, 2.75) is 19.4 Å². The second-order valence-electron chi connectivity index (χ2n) is 6.49. The third-order valence-electron chi connectivity index (χ3n) is 4.63. The Morgan fingerprint density at radius 3 is 2.57 bits per heavy atom. The van der Waals surface area contributed by atoms with Crippen LogP contribution in [0.25, 0.3) is 21.9 Å². The highest BCUT2D eigenvalue weighted by atomic mass is 16.5. The Bertz CT molecular complexity index is 1130. The first-order valence-corrected chi connectivity index (χ1v) is 9.21. The summed E-state index contributed by atoms with van der Waals surface area (Å²) in [5.74, 6) is 1.07. The molecule has 0 saturated carbocycles. The molecule has 4 rings (SSSR count). The predicted molar refractivity (Wildman–Crippen MR) is 110 cm³/mol. The van der Waals surface area contributed by atoms with E-state index >= 15 is 0 Å². The summed E-state index contributed by atoms with van der Waals surface area (Å²) in [7, 11) is 1.59. The van der Waals surface area contributed by atoms with Crippen LogP contribution in [-0.4, -0.2) is 19.1 Å². The van der Waals surface area contributed by atoms with Crippen molar-refractivity contribution in [2.75, 3.05) is 12.4 Å². The van der Waals surface area contributed by atoms with Crippen molar-refractivity contribution in [3.63, 3.8) is 0 Å². The Hall–Kier alpha value is -3.47. The molecule has 0 bridgehead atoms. The highest BCUT2D eigenvalue weighted by Gasteiger charge is 2.19. The van der Waals surface area contributed by atoms with Crippen LogP contribution in [0.1, 0.15) is 13.3 Å². The summed E-state index contributed by atoms with van der Waals surface area (Å²) in [5, 5.41) is 5.00. The topological polar surface area (TPSA) is 60.7 Å². The lowest BCUT2D eigenvalue weighted by Gasteiger charge is -2.17. The summed E-state index contributed by atoms with van der Waals surface area (Å²) < 4.78 is 16.9. The van der Waals surface area contributed by atoms with E-state index in [4.69, 9.17) is 13.9 Å². The molecule has 142 valence electrons. The molecule has 5 heteroatoms. The number of para-hydroxylation sites is 1. The average molecular weight is 375 g/mol. The number of furan rings is 1. The van der Waals surface area contributed by atoms with Crippen molar-refractivity contribution in [3.8, 4) is 11.5 Å². The molecular weight excluding hydrogens is 354 g/mol. The van der Waals surface area contributed by atoms with Crippen molar-refractivity contribution < 1.29 is 18.7 Å². The molecule has 3 aromatic carbocycles. The van der Waals surface area contributed by atoms with E-state index in [-0.39, 0.29) is 5.91 Å². The van der Waals surface area contributed by atoms with E-state index < -0.39 is 6.10 Å². The number of hydrogen-bond acceptors (Lipinski definition) is 4. The molecule has 1 atom stereocenters. The molecule has 1 amide bonds. The van der Waals surface area contributed by atoms with Crippen LogP contribution in [0.4, 0.5) is 5.69 Å².